The fraction of sp³-hybridized carbons (Fsp3) is 0.385. The molecular formula is C13H17NO3. The van der Waals surface area contributed by atoms with Crippen molar-refractivity contribution in [1.29, 1.82) is 0 Å². The van der Waals surface area contributed by atoms with Crippen molar-refractivity contribution in [2.24, 2.45) is 0 Å². The molecule has 0 spiro atoms. The summed E-state index contributed by atoms with van der Waals surface area (Å²) in [6.07, 6.45) is 0.233. The van der Waals surface area contributed by atoms with Crippen LogP contribution in [0.2, 0.25) is 0 Å². The Labute approximate surface area is 101 Å². The van der Waals surface area contributed by atoms with Crippen LogP contribution in [0.4, 0.5) is 0 Å². The largest absolute Gasteiger partial charge is 0.426 e. The van der Waals surface area contributed by atoms with Gasteiger partial charge in [-0.2, -0.15) is 0 Å². The Bertz CT molecular complexity index is 438. The number of hydrogen-bond acceptors (Lipinski definition) is 3. The summed E-state index contributed by atoms with van der Waals surface area (Å²) in [6, 6.07) is 5.43. The van der Waals surface area contributed by atoms with Gasteiger partial charge >= 0.3 is 5.97 Å². The minimum atomic E-state index is -0.382. The van der Waals surface area contributed by atoms with E-state index in [1.54, 1.807) is 20.2 Å². The molecule has 0 unspecified atom stereocenters. The topological polar surface area (TPSA) is 46.6 Å². The van der Waals surface area contributed by atoms with Crippen LogP contribution in [0, 0.1) is 6.92 Å². The molecule has 4 nitrogen and oxygen atoms in total. The summed E-state index contributed by atoms with van der Waals surface area (Å²) < 4.78 is 5.07. The van der Waals surface area contributed by atoms with Crippen molar-refractivity contribution in [3.8, 4) is 5.75 Å². The van der Waals surface area contributed by atoms with E-state index in [0.717, 1.165) is 11.1 Å². The molecule has 0 aromatic heterocycles. The van der Waals surface area contributed by atoms with E-state index in [1.165, 1.54) is 11.8 Å². The number of ether oxygens (including phenoxy) is 1. The minimum absolute atomic E-state index is 0.0241. The minimum Gasteiger partial charge on any atom is -0.426 e. The third-order valence-electron chi connectivity index (χ3n) is 2.31. The van der Waals surface area contributed by atoms with Crippen molar-refractivity contribution in [3.05, 3.63) is 29.3 Å². The van der Waals surface area contributed by atoms with Gasteiger partial charge in [-0.05, 0) is 13.0 Å². The van der Waals surface area contributed by atoms with Crippen LogP contribution in [0.25, 0.3) is 0 Å². The number of hydrogen-bond donors (Lipinski definition) is 0. The lowest BCUT2D eigenvalue weighted by molar-refractivity contribution is -0.132. The van der Waals surface area contributed by atoms with Gasteiger partial charge in [0.1, 0.15) is 5.75 Å². The van der Waals surface area contributed by atoms with Crippen LogP contribution in [0.1, 0.15) is 18.1 Å². The normalized spacial score (nSPS) is 9.88. The van der Waals surface area contributed by atoms with Crippen LogP contribution >= 0.6 is 0 Å². The van der Waals surface area contributed by atoms with Crippen LogP contribution in [-0.2, 0) is 16.0 Å². The number of esters is 1. The van der Waals surface area contributed by atoms with Crippen molar-refractivity contribution in [2.75, 3.05) is 14.1 Å². The smallest absolute Gasteiger partial charge is 0.308 e. The first-order chi connectivity index (χ1) is 7.90. The zero-order chi connectivity index (χ0) is 13.0. The second kappa shape index (κ2) is 5.48. The van der Waals surface area contributed by atoms with Crippen LogP contribution in [0.3, 0.4) is 0 Å². The molecule has 0 heterocycles. The second-order valence-corrected chi connectivity index (χ2v) is 4.17. The zero-order valence-electron chi connectivity index (χ0n) is 10.6. The molecule has 1 rings (SSSR count). The van der Waals surface area contributed by atoms with Crippen molar-refractivity contribution < 1.29 is 14.3 Å². The second-order valence-electron chi connectivity index (χ2n) is 4.17. The van der Waals surface area contributed by atoms with Gasteiger partial charge in [-0.25, -0.2) is 0 Å². The molecule has 17 heavy (non-hydrogen) atoms. The highest BCUT2D eigenvalue weighted by atomic mass is 16.5. The monoisotopic (exact) mass is 235 g/mol. The third kappa shape index (κ3) is 3.90. The maximum Gasteiger partial charge on any atom is 0.308 e. The highest BCUT2D eigenvalue weighted by Crippen LogP contribution is 2.21. The molecule has 0 saturated carbocycles. The van der Waals surface area contributed by atoms with Gasteiger partial charge in [0, 0.05) is 26.6 Å². The molecule has 1 aromatic rings. The highest BCUT2D eigenvalue weighted by molar-refractivity contribution is 5.79. The summed E-state index contributed by atoms with van der Waals surface area (Å²) in [5.74, 6) is 0.0507. The van der Waals surface area contributed by atoms with Crippen LogP contribution in [-0.4, -0.2) is 30.9 Å². The Balaban J connectivity index is 2.98. The summed E-state index contributed by atoms with van der Waals surface area (Å²) in [5, 5.41) is 0. The van der Waals surface area contributed by atoms with Gasteiger partial charge in [-0.15, -0.1) is 0 Å². The number of benzene rings is 1. The average Bonchev–Trinajstić information content (AvgIpc) is 2.21. The number of aryl methyl sites for hydroxylation is 1. The zero-order valence-corrected chi connectivity index (χ0v) is 10.6. The van der Waals surface area contributed by atoms with Gasteiger partial charge in [0.25, 0.3) is 0 Å². The lowest BCUT2D eigenvalue weighted by atomic mass is 10.1. The Morgan fingerprint density at radius 2 is 1.94 bits per heavy atom. The molecule has 0 bridgehead atoms. The summed E-state index contributed by atoms with van der Waals surface area (Å²) in [6.45, 7) is 3.28. The number of likely N-dealkylation sites (N-methyl/N-ethyl adjacent to an activating group) is 1. The molecule has 0 aliphatic carbocycles. The van der Waals surface area contributed by atoms with Crippen molar-refractivity contribution in [1.82, 2.24) is 4.90 Å². The van der Waals surface area contributed by atoms with E-state index >= 15 is 0 Å². The quantitative estimate of drug-likeness (QED) is 0.590. The van der Waals surface area contributed by atoms with Gasteiger partial charge in [-0.1, -0.05) is 17.7 Å². The third-order valence-corrected chi connectivity index (χ3v) is 2.31. The molecule has 0 saturated heterocycles. The van der Waals surface area contributed by atoms with Crippen LogP contribution in [0.5, 0.6) is 5.75 Å². The molecule has 1 aromatic carbocycles. The number of carbonyl (C=O) groups excluding carboxylic acids is 2. The number of amides is 1. The van der Waals surface area contributed by atoms with E-state index in [-0.39, 0.29) is 18.3 Å². The van der Waals surface area contributed by atoms with Gasteiger partial charge in [-0.3, -0.25) is 9.59 Å². The average molecular weight is 235 g/mol. The Hall–Kier alpha value is -1.84. The molecule has 0 aliphatic heterocycles. The molecule has 92 valence electrons. The van der Waals surface area contributed by atoms with Crippen LogP contribution in [0.15, 0.2) is 18.2 Å². The molecule has 0 N–H and O–H groups in total. The standard InChI is InChI=1S/C13H17NO3/c1-9-5-6-12(17-10(2)15)11(7-9)8-13(16)14(3)4/h5-7H,8H2,1-4H3. The van der Waals surface area contributed by atoms with Crippen molar-refractivity contribution in [3.63, 3.8) is 0 Å². The van der Waals surface area contributed by atoms with E-state index < -0.39 is 0 Å². The van der Waals surface area contributed by atoms with Gasteiger partial charge < -0.3 is 9.64 Å². The SMILES string of the molecule is CC(=O)Oc1ccc(C)cc1CC(=O)N(C)C. The van der Waals surface area contributed by atoms with Gasteiger partial charge in [0.05, 0.1) is 6.42 Å². The van der Waals surface area contributed by atoms with Crippen molar-refractivity contribution in [2.45, 2.75) is 20.3 Å². The summed E-state index contributed by atoms with van der Waals surface area (Å²) in [7, 11) is 3.40. The molecule has 1 amide bonds. The van der Waals surface area contributed by atoms with E-state index in [2.05, 4.69) is 0 Å². The number of rotatable bonds is 3. The molecule has 0 radical (unpaired) electrons. The predicted octanol–water partition coefficient (Wildman–Crippen LogP) is 1.55. The molecule has 0 atom stereocenters. The molecular weight excluding hydrogens is 218 g/mol. The first kappa shape index (κ1) is 13.2. The fourth-order valence-electron chi connectivity index (χ4n) is 1.42. The predicted molar refractivity (Wildman–Crippen MR) is 64.9 cm³/mol. The summed E-state index contributed by atoms with van der Waals surface area (Å²) in [4.78, 5) is 24.1. The Morgan fingerprint density at radius 1 is 1.29 bits per heavy atom. The summed E-state index contributed by atoms with van der Waals surface area (Å²) >= 11 is 0. The lowest BCUT2D eigenvalue weighted by Gasteiger charge is -2.13. The van der Waals surface area contributed by atoms with E-state index in [4.69, 9.17) is 4.74 Å². The number of nitrogens with zero attached hydrogens (tertiary/aromatic N) is 1. The van der Waals surface area contributed by atoms with E-state index in [0.29, 0.717) is 5.75 Å². The first-order valence-electron chi connectivity index (χ1n) is 5.38. The molecule has 0 fully saturated rings. The number of carbonyl (C=O) groups is 2. The summed E-state index contributed by atoms with van der Waals surface area (Å²) in [5.41, 5.74) is 1.77. The van der Waals surface area contributed by atoms with Gasteiger partial charge in [0.15, 0.2) is 0 Å². The van der Waals surface area contributed by atoms with E-state index in [9.17, 15) is 9.59 Å². The maximum atomic E-state index is 11.6. The molecule has 0 aliphatic rings. The van der Waals surface area contributed by atoms with Gasteiger partial charge in [0.2, 0.25) is 5.91 Å². The Kier molecular flexibility index (Phi) is 4.26. The lowest BCUT2D eigenvalue weighted by Crippen LogP contribution is -2.24. The maximum absolute atomic E-state index is 11.6. The highest BCUT2D eigenvalue weighted by Gasteiger charge is 2.12. The van der Waals surface area contributed by atoms with Crippen LogP contribution < -0.4 is 4.74 Å². The Morgan fingerprint density at radius 3 is 2.47 bits per heavy atom. The molecule has 4 heteroatoms. The van der Waals surface area contributed by atoms with E-state index in [1.807, 2.05) is 19.1 Å². The fourth-order valence-corrected chi connectivity index (χ4v) is 1.42. The van der Waals surface area contributed by atoms with Crippen molar-refractivity contribution >= 4 is 11.9 Å². The first-order valence-corrected chi connectivity index (χ1v) is 5.38.